The summed E-state index contributed by atoms with van der Waals surface area (Å²) in [5.41, 5.74) is 0. The van der Waals surface area contributed by atoms with Crippen molar-refractivity contribution < 1.29 is 9.15 Å². The van der Waals surface area contributed by atoms with Gasteiger partial charge >= 0.3 is 0 Å². The third kappa shape index (κ3) is 3.44. The van der Waals surface area contributed by atoms with Crippen LogP contribution in [0.1, 0.15) is 25.6 Å². The fourth-order valence-electron chi connectivity index (χ4n) is 1.20. The first-order valence-electron chi connectivity index (χ1n) is 4.79. The monoisotopic (exact) mass is 261 g/mol. The second-order valence-corrected chi connectivity index (χ2v) is 3.86. The quantitative estimate of drug-likeness (QED) is 0.800. The van der Waals surface area contributed by atoms with Gasteiger partial charge < -0.3 is 14.5 Å². The molecule has 1 aromatic heterocycles. The summed E-state index contributed by atoms with van der Waals surface area (Å²) in [5, 5.41) is 3.31. The van der Waals surface area contributed by atoms with E-state index in [1.165, 1.54) is 0 Å². The van der Waals surface area contributed by atoms with Gasteiger partial charge in [0.1, 0.15) is 5.76 Å². The van der Waals surface area contributed by atoms with Gasteiger partial charge in [-0.15, -0.1) is 0 Å². The molecule has 0 radical (unpaired) electrons. The first-order chi connectivity index (χ1) is 6.75. The number of hydrogen-bond donors (Lipinski definition) is 1. The first kappa shape index (κ1) is 11.8. The number of hydrogen-bond acceptors (Lipinski definition) is 3. The van der Waals surface area contributed by atoms with Gasteiger partial charge in [-0.05, 0) is 35.8 Å². The molecule has 0 aliphatic carbocycles. The van der Waals surface area contributed by atoms with Gasteiger partial charge in [0, 0.05) is 13.2 Å². The highest BCUT2D eigenvalue weighted by Crippen LogP contribution is 2.23. The fourth-order valence-corrected chi connectivity index (χ4v) is 1.74. The highest BCUT2D eigenvalue weighted by Gasteiger charge is 2.11. The summed E-state index contributed by atoms with van der Waals surface area (Å²) in [4.78, 5) is 0. The van der Waals surface area contributed by atoms with Gasteiger partial charge in [0.05, 0.1) is 23.4 Å². The molecule has 1 unspecified atom stereocenters. The molecule has 0 spiro atoms. The topological polar surface area (TPSA) is 34.4 Å². The van der Waals surface area contributed by atoms with Crippen molar-refractivity contribution in [3.8, 4) is 0 Å². The summed E-state index contributed by atoms with van der Waals surface area (Å²) in [6.07, 6.45) is 1.68. The Labute approximate surface area is 92.9 Å². The van der Waals surface area contributed by atoms with E-state index in [2.05, 4.69) is 28.2 Å². The Bertz CT molecular complexity index is 262. The van der Waals surface area contributed by atoms with Crippen LogP contribution in [-0.2, 0) is 4.74 Å². The van der Waals surface area contributed by atoms with Crippen LogP contribution in [0.5, 0.6) is 0 Å². The second-order valence-electron chi connectivity index (χ2n) is 3.01. The van der Waals surface area contributed by atoms with Crippen LogP contribution in [0, 0.1) is 0 Å². The van der Waals surface area contributed by atoms with Gasteiger partial charge in [0.15, 0.2) is 0 Å². The Morgan fingerprint density at radius 1 is 1.64 bits per heavy atom. The van der Waals surface area contributed by atoms with E-state index in [-0.39, 0.29) is 6.04 Å². The summed E-state index contributed by atoms with van der Waals surface area (Å²) in [7, 11) is 0. The average Bonchev–Trinajstić information content (AvgIpc) is 2.59. The Morgan fingerprint density at radius 3 is 3.00 bits per heavy atom. The van der Waals surface area contributed by atoms with Crippen LogP contribution in [0.2, 0.25) is 0 Å². The summed E-state index contributed by atoms with van der Waals surface area (Å²) < 4.78 is 11.6. The molecule has 0 aromatic carbocycles. The normalized spacial score (nSPS) is 13.1. The van der Waals surface area contributed by atoms with E-state index in [0.29, 0.717) is 0 Å². The van der Waals surface area contributed by atoms with Crippen molar-refractivity contribution in [2.24, 2.45) is 0 Å². The molecule has 1 aromatic rings. The van der Waals surface area contributed by atoms with Crippen LogP contribution >= 0.6 is 15.9 Å². The molecule has 0 aliphatic rings. The van der Waals surface area contributed by atoms with E-state index in [1.807, 2.05) is 13.0 Å². The van der Waals surface area contributed by atoms with Gasteiger partial charge in [0.2, 0.25) is 0 Å². The SMILES string of the molecule is CCOCCNC(C)c1occc1Br. The van der Waals surface area contributed by atoms with Crippen molar-refractivity contribution in [1.82, 2.24) is 5.32 Å². The predicted octanol–water partition coefficient (Wildman–Crippen LogP) is 2.73. The number of nitrogens with one attached hydrogen (secondary N) is 1. The van der Waals surface area contributed by atoms with Crippen LogP contribution in [0.4, 0.5) is 0 Å². The molecule has 0 saturated carbocycles. The van der Waals surface area contributed by atoms with Crippen LogP contribution < -0.4 is 5.32 Å². The van der Waals surface area contributed by atoms with Crippen molar-refractivity contribution in [3.63, 3.8) is 0 Å². The largest absolute Gasteiger partial charge is 0.466 e. The van der Waals surface area contributed by atoms with Crippen LogP contribution in [-0.4, -0.2) is 19.8 Å². The van der Waals surface area contributed by atoms with Gasteiger partial charge in [-0.3, -0.25) is 0 Å². The van der Waals surface area contributed by atoms with Crippen LogP contribution in [0.15, 0.2) is 21.2 Å². The zero-order valence-electron chi connectivity index (χ0n) is 8.55. The van der Waals surface area contributed by atoms with Crippen molar-refractivity contribution in [2.75, 3.05) is 19.8 Å². The van der Waals surface area contributed by atoms with E-state index in [1.54, 1.807) is 6.26 Å². The predicted molar refractivity (Wildman–Crippen MR) is 59.3 cm³/mol. The van der Waals surface area contributed by atoms with Gasteiger partial charge in [-0.25, -0.2) is 0 Å². The molecular formula is C10H16BrNO2. The Hall–Kier alpha value is -0.320. The minimum Gasteiger partial charge on any atom is -0.466 e. The molecule has 0 saturated heterocycles. The maximum Gasteiger partial charge on any atom is 0.134 e. The minimum atomic E-state index is 0.208. The lowest BCUT2D eigenvalue weighted by Gasteiger charge is -2.11. The number of rotatable bonds is 6. The maximum absolute atomic E-state index is 5.33. The number of halogens is 1. The van der Waals surface area contributed by atoms with Gasteiger partial charge in [-0.2, -0.15) is 0 Å². The van der Waals surface area contributed by atoms with E-state index in [0.717, 1.165) is 30.0 Å². The molecule has 80 valence electrons. The molecule has 1 N–H and O–H groups in total. The molecule has 3 nitrogen and oxygen atoms in total. The standard InChI is InChI=1S/C10H16BrNO2/c1-3-13-7-5-12-8(2)10-9(11)4-6-14-10/h4,6,8,12H,3,5,7H2,1-2H3. The van der Waals surface area contributed by atoms with Crippen molar-refractivity contribution >= 4 is 15.9 Å². The molecule has 4 heteroatoms. The van der Waals surface area contributed by atoms with Gasteiger partial charge in [-0.1, -0.05) is 0 Å². The highest BCUT2D eigenvalue weighted by molar-refractivity contribution is 9.10. The molecule has 1 atom stereocenters. The Balaban J connectivity index is 2.28. The van der Waals surface area contributed by atoms with Crippen LogP contribution in [0.25, 0.3) is 0 Å². The molecule has 0 amide bonds. The van der Waals surface area contributed by atoms with Gasteiger partial charge in [0.25, 0.3) is 0 Å². The summed E-state index contributed by atoms with van der Waals surface area (Å²) in [5.74, 6) is 0.932. The molecule has 14 heavy (non-hydrogen) atoms. The highest BCUT2D eigenvalue weighted by atomic mass is 79.9. The second kappa shape index (κ2) is 6.22. The molecule has 0 fully saturated rings. The fraction of sp³-hybridized carbons (Fsp3) is 0.600. The Kier molecular flexibility index (Phi) is 5.22. The van der Waals surface area contributed by atoms with E-state index in [9.17, 15) is 0 Å². The lowest BCUT2D eigenvalue weighted by atomic mass is 10.2. The zero-order valence-corrected chi connectivity index (χ0v) is 10.1. The van der Waals surface area contributed by atoms with E-state index < -0.39 is 0 Å². The third-order valence-electron chi connectivity index (χ3n) is 1.94. The lowest BCUT2D eigenvalue weighted by Crippen LogP contribution is -2.23. The van der Waals surface area contributed by atoms with Crippen molar-refractivity contribution in [3.05, 3.63) is 22.6 Å². The minimum absolute atomic E-state index is 0.208. The third-order valence-corrected chi connectivity index (χ3v) is 2.59. The summed E-state index contributed by atoms with van der Waals surface area (Å²) in [6.45, 7) is 6.39. The van der Waals surface area contributed by atoms with Crippen molar-refractivity contribution in [2.45, 2.75) is 19.9 Å². The number of ether oxygens (including phenoxy) is 1. The molecule has 0 aliphatic heterocycles. The van der Waals surface area contributed by atoms with E-state index >= 15 is 0 Å². The summed E-state index contributed by atoms with van der Waals surface area (Å²) >= 11 is 3.42. The van der Waals surface area contributed by atoms with Crippen LogP contribution in [0.3, 0.4) is 0 Å². The lowest BCUT2D eigenvalue weighted by molar-refractivity contribution is 0.146. The molecular weight excluding hydrogens is 246 g/mol. The zero-order chi connectivity index (χ0) is 10.4. The van der Waals surface area contributed by atoms with Crippen molar-refractivity contribution in [1.29, 1.82) is 0 Å². The number of furan rings is 1. The molecule has 1 heterocycles. The first-order valence-corrected chi connectivity index (χ1v) is 5.59. The molecule has 0 bridgehead atoms. The van der Waals surface area contributed by atoms with E-state index in [4.69, 9.17) is 9.15 Å². The average molecular weight is 262 g/mol. The maximum atomic E-state index is 5.33. The summed E-state index contributed by atoms with van der Waals surface area (Å²) in [6, 6.07) is 2.11. The smallest absolute Gasteiger partial charge is 0.134 e. The molecule has 1 rings (SSSR count). The Morgan fingerprint density at radius 2 is 2.43 bits per heavy atom.